The van der Waals surface area contributed by atoms with Crippen LogP contribution in [0.1, 0.15) is 62.8 Å². The predicted octanol–water partition coefficient (Wildman–Crippen LogP) is 4.90. The molecule has 9 heteroatoms. The van der Waals surface area contributed by atoms with E-state index in [2.05, 4.69) is 10.6 Å². The Hall–Kier alpha value is -4.40. The van der Waals surface area contributed by atoms with E-state index in [9.17, 15) is 19.2 Å². The number of nitrogens with zero attached hydrogens (tertiary/aromatic N) is 1. The van der Waals surface area contributed by atoms with Gasteiger partial charge in [0.15, 0.2) is 0 Å². The largest absolute Gasteiger partial charge is 0.444 e. The van der Waals surface area contributed by atoms with E-state index in [-0.39, 0.29) is 6.04 Å². The van der Waals surface area contributed by atoms with E-state index >= 15 is 0 Å². The predicted molar refractivity (Wildman–Crippen MR) is 158 cm³/mol. The van der Waals surface area contributed by atoms with Crippen LogP contribution in [0.15, 0.2) is 60.7 Å². The number of nitrogens with two attached hydrogens (primary N) is 1. The molecule has 2 atom stereocenters. The maximum absolute atomic E-state index is 14.2. The van der Waals surface area contributed by atoms with Gasteiger partial charge in [0.25, 0.3) is 5.91 Å². The van der Waals surface area contributed by atoms with Gasteiger partial charge in [-0.15, -0.1) is 0 Å². The Morgan fingerprint density at radius 1 is 0.976 bits per heavy atom. The number of carbonyl (C=O) groups is 4. The van der Waals surface area contributed by atoms with Gasteiger partial charge in [-0.25, -0.2) is 4.79 Å². The molecule has 4 amide bonds. The SMILES string of the molecule is Cc1ccc(C(C(=O)Nc2ccc3ccccc3c2)N(C(=O)C(CC(N)=O)NC(=O)OC(C)(C)C)C2CC2)c(C)c1. The Bertz CT molecular complexity index is 1470. The number of rotatable bonds is 9. The van der Waals surface area contributed by atoms with Crippen molar-refractivity contribution >= 4 is 40.3 Å². The molecule has 3 aromatic rings. The van der Waals surface area contributed by atoms with Crippen molar-refractivity contribution < 1.29 is 23.9 Å². The van der Waals surface area contributed by atoms with E-state index in [1.165, 1.54) is 4.90 Å². The van der Waals surface area contributed by atoms with Gasteiger partial charge in [0.2, 0.25) is 11.8 Å². The highest BCUT2D eigenvalue weighted by Gasteiger charge is 2.44. The Morgan fingerprint density at radius 3 is 2.27 bits per heavy atom. The number of aryl methyl sites for hydroxylation is 2. The van der Waals surface area contributed by atoms with Gasteiger partial charge in [0.1, 0.15) is 17.7 Å². The smallest absolute Gasteiger partial charge is 0.408 e. The lowest BCUT2D eigenvalue weighted by Gasteiger charge is -2.35. The molecule has 1 saturated carbocycles. The fourth-order valence-corrected chi connectivity index (χ4v) is 4.93. The van der Waals surface area contributed by atoms with Crippen LogP contribution >= 0.6 is 0 Å². The number of nitrogens with one attached hydrogen (secondary N) is 2. The monoisotopic (exact) mass is 558 g/mol. The summed E-state index contributed by atoms with van der Waals surface area (Å²) in [6, 6.07) is 16.6. The maximum Gasteiger partial charge on any atom is 0.408 e. The lowest BCUT2D eigenvalue weighted by atomic mass is 9.96. The van der Waals surface area contributed by atoms with E-state index in [1.54, 1.807) is 20.8 Å². The summed E-state index contributed by atoms with van der Waals surface area (Å²) < 4.78 is 5.34. The van der Waals surface area contributed by atoms with E-state index < -0.39 is 47.9 Å². The molecular formula is C32H38N4O5. The number of carbonyl (C=O) groups excluding carboxylic acids is 4. The minimum absolute atomic E-state index is 0.244. The van der Waals surface area contributed by atoms with Gasteiger partial charge < -0.3 is 26.0 Å². The van der Waals surface area contributed by atoms with Crippen LogP contribution in [-0.2, 0) is 19.1 Å². The lowest BCUT2D eigenvalue weighted by molar-refractivity contribution is -0.142. The summed E-state index contributed by atoms with van der Waals surface area (Å²) in [6.07, 6.45) is 0.0855. The van der Waals surface area contributed by atoms with Gasteiger partial charge in [-0.2, -0.15) is 0 Å². The number of hydrogen-bond acceptors (Lipinski definition) is 5. The summed E-state index contributed by atoms with van der Waals surface area (Å²) in [5.41, 5.74) is 7.77. The van der Waals surface area contributed by atoms with E-state index in [4.69, 9.17) is 10.5 Å². The second-order valence-electron chi connectivity index (χ2n) is 11.7. The molecule has 0 saturated heterocycles. The van der Waals surface area contributed by atoms with Crippen LogP contribution < -0.4 is 16.4 Å². The minimum atomic E-state index is -1.30. The standard InChI is InChI=1S/C32H38N4O5/c1-19-10-15-25(20(2)16-19)28(29(38)34-23-12-11-21-8-6-7-9-22(21)17-23)36(24-13-14-24)30(39)26(18-27(33)37)35-31(40)41-32(3,4)5/h6-12,15-17,24,26,28H,13-14,18H2,1-5H3,(H2,33,37)(H,34,38)(H,35,40). The summed E-state index contributed by atoms with van der Waals surface area (Å²) >= 11 is 0. The molecule has 2 unspecified atom stereocenters. The second-order valence-corrected chi connectivity index (χ2v) is 11.7. The zero-order valence-electron chi connectivity index (χ0n) is 24.2. The Morgan fingerprint density at radius 2 is 1.66 bits per heavy atom. The van der Waals surface area contributed by atoms with Gasteiger partial charge in [0.05, 0.1) is 6.42 Å². The van der Waals surface area contributed by atoms with E-state index in [0.29, 0.717) is 24.1 Å². The van der Waals surface area contributed by atoms with Crippen molar-refractivity contribution in [1.29, 1.82) is 0 Å². The maximum atomic E-state index is 14.2. The molecule has 1 aliphatic carbocycles. The zero-order chi connectivity index (χ0) is 29.9. The molecule has 1 aliphatic rings. The third-order valence-electron chi connectivity index (χ3n) is 6.85. The Kier molecular flexibility index (Phi) is 8.66. The topological polar surface area (TPSA) is 131 Å². The van der Waals surface area contributed by atoms with Crippen LogP contribution in [0.5, 0.6) is 0 Å². The molecule has 3 aromatic carbocycles. The molecule has 0 aliphatic heterocycles. The first-order chi connectivity index (χ1) is 19.3. The minimum Gasteiger partial charge on any atom is -0.444 e. The van der Waals surface area contributed by atoms with Gasteiger partial charge >= 0.3 is 6.09 Å². The number of benzene rings is 3. The highest BCUT2D eigenvalue weighted by Crippen LogP contribution is 2.37. The molecular weight excluding hydrogens is 520 g/mol. The highest BCUT2D eigenvalue weighted by atomic mass is 16.6. The second kappa shape index (κ2) is 12.0. The van der Waals surface area contributed by atoms with Crippen LogP contribution in [0, 0.1) is 13.8 Å². The zero-order valence-corrected chi connectivity index (χ0v) is 24.2. The molecule has 0 heterocycles. The fraction of sp³-hybridized carbons (Fsp3) is 0.375. The lowest BCUT2D eigenvalue weighted by Crippen LogP contribution is -2.54. The third-order valence-corrected chi connectivity index (χ3v) is 6.85. The molecule has 0 bridgehead atoms. The van der Waals surface area contributed by atoms with Crippen LogP contribution in [0.3, 0.4) is 0 Å². The summed E-state index contributed by atoms with van der Waals surface area (Å²) in [7, 11) is 0. The van der Waals surface area contributed by atoms with Gasteiger partial charge in [-0.05, 0) is 81.5 Å². The normalized spacial score (nSPS) is 14.6. The average Bonchev–Trinajstić information content (AvgIpc) is 3.71. The number of primary amides is 1. The van der Waals surface area contributed by atoms with Crippen LogP contribution in [0.2, 0.25) is 0 Å². The van der Waals surface area contributed by atoms with Gasteiger partial charge in [0, 0.05) is 11.7 Å². The van der Waals surface area contributed by atoms with Crippen molar-refractivity contribution in [3.8, 4) is 0 Å². The average molecular weight is 559 g/mol. The quantitative estimate of drug-likeness (QED) is 0.344. The number of fused-ring (bicyclic) bond motifs is 1. The number of anilines is 1. The Labute approximate surface area is 240 Å². The van der Waals surface area contributed by atoms with Gasteiger partial charge in [-0.1, -0.05) is 54.1 Å². The molecule has 4 N–H and O–H groups in total. The number of hydrogen-bond donors (Lipinski definition) is 3. The van der Waals surface area contributed by atoms with Gasteiger partial charge in [-0.3, -0.25) is 14.4 Å². The summed E-state index contributed by atoms with van der Waals surface area (Å²) in [6.45, 7) is 8.94. The summed E-state index contributed by atoms with van der Waals surface area (Å²) in [5.74, 6) is -1.74. The number of ether oxygens (including phenoxy) is 1. The molecule has 0 spiro atoms. The molecule has 4 rings (SSSR count). The first-order valence-electron chi connectivity index (χ1n) is 13.8. The van der Waals surface area contributed by atoms with Crippen LogP contribution in [-0.4, -0.2) is 46.4 Å². The van der Waals surface area contributed by atoms with Crippen LogP contribution in [0.25, 0.3) is 10.8 Å². The fourth-order valence-electron chi connectivity index (χ4n) is 4.93. The van der Waals surface area contributed by atoms with Crippen molar-refractivity contribution in [3.63, 3.8) is 0 Å². The summed E-state index contributed by atoms with van der Waals surface area (Å²) in [5, 5.41) is 7.53. The van der Waals surface area contributed by atoms with E-state index in [1.807, 2.05) is 74.5 Å². The molecule has 216 valence electrons. The van der Waals surface area contributed by atoms with E-state index in [0.717, 1.165) is 21.9 Å². The molecule has 0 radical (unpaired) electrons. The van der Waals surface area contributed by atoms with Crippen molar-refractivity contribution in [1.82, 2.24) is 10.2 Å². The molecule has 9 nitrogen and oxygen atoms in total. The van der Waals surface area contributed by atoms with Crippen molar-refractivity contribution in [2.45, 2.75) is 77.6 Å². The number of alkyl carbamates (subject to hydrolysis) is 1. The number of amides is 4. The first kappa shape index (κ1) is 29.6. The summed E-state index contributed by atoms with van der Waals surface area (Å²) in [4.78, 5) is 54.4. The van der Waals surface area contributed by atoms with Crippen molar-refractivity contribution in [2.75, 3.05) is 5.32 Å². The first-order valence-corrected chi connectivity index (χ1v) is 13.8. The Balaban J connectivity index is 1.72. The molecule has 0 aromatic heterocycles. The van der Waals surface area contributed by atoms with Crippen molar-refractivity contribution in [3.05, 3.63) is 77.4 Å². The molecule has 41 heavy (non-hydrogen) atoms. The third kappa shape index (κ3) is 7.63. The van der Waals surface area contributed by atoms with Crippen LogP contribution in [0.4, 0.5) is 10.5 Å². The van der Waals surface area contributed by atoms with Crippen molar-refractivity contribution in [2.24, 2.45) is 5.73 Å². The highest BCUT2D eigenvalue weighted by molar-refractivity contribution is 6.01. The molecule has 1 fully saturated rings.